The molecule has 210 valence electrons. The van der Waals surface area contributed by atoms with E-state index in [-0.39, 0.29) is 19.2 Å². The highest BCUT2D eigenvalue weighted by Crippen LogP contribution is 2.16. The molecule has 0 radical (unpaired) electrons. The molecule has 0 saturated carbocycles. The van der Waals surface area contributed by atoms with Gasteiger partial charge in [0, 0.05) is 6.42 Å². The van der Waals surface area contributed by atoms with Gasteiger partial charge in [-0.05, 0) is 6.42 Å². The summed E-state index contributed by atoms with van der Waals surface area (Å²) in [6, 6.07) is -0.456. The predicted molar refractivity (Wildman–Crippen MR) is 152 cm³/mol. The van der Waals surface area contributed by atoms with Gasteiger partial charge in [-0.15, -0.1) is 0 Å². The van der Waals surface area contributed by atoms with Crippen molar-refractivity contribution in [1.82, 2.24) is 0 Å². The lowest BCUT2D eigenvalue weighted by atomic mass is 10.0. The average molecular weight is 498 g/mol. The molecule has 0 aromatic carbocycles. The average Bonchev–Trinajstić information content (AvgIpc) is 2.87. The molecule has 0 fully saturated rings. The molecule has 0 aliphatic carbocycles. The molecule has 0 spiro atoms. The normalized spacial score (nSPS) is 12.2. The highest BCUT2D eigenvalue weighted by atomic mass is 16.5. The van der Waals surface area contributed by atoms with Crippen LogP contribution in [0.4, 0.5) is 0 Å². The van der Waals surface area contributed by atoms with E-state index in [0.717, 1.165) is 12.8 Å². The minimum Gasteiger partial charge on any atom is -0.464 e. The third kappa shape index (κ3) is 29.5. The van der Waals surface area contributed by atoms with Crippen molar-refractivity contribution in [3.63, 3.8) is 0 Å². The molecule has 0 aromatic heterocycles. The van der Waals surface area contributed by atoms with E-state index in [1.807, 2.05) is 0 Å². The number of ether oxygens (including phenoxy) is 1. The Morgan fingerprint density at radius 1 is 0.571 bits per heavy atom. The first-order valence-electron chi connectivity index (χ1n) is 15.7. The summed E-state index contributed by atoms with van der Waals surface area (Å²) in [5.41, 5.74) is 5.51. The third-order valence-corrected chi connectivity index (χ3v) is 7.18. The fraction of sp³-hybridized carbons (Fsp3) is 0.968. The van der Waals surface area contributed by atoms with Crippen LogP contribution in [-0.2, 0) is 9.53 Å². The summed E-state index contributed by atoms with van der Waals surface area (Å²) in [6.45, 7) is 2.27. The van der Waals surface area contributed by atoms with Crippen LogP contribution in [0.5, 0.6) is 0 Å². The quantitative estimate of drug-likeness (QED) is 0.0798. The molecule has 1 atom stereocenters. The summed E-state index contributed by atoms with van der Waals surface area (Å²) in [4.78, 5) is 11.5. The molecule has 0 amide bonds. The monoisotopic (exact) mass is 497 g/mol. The van der Waals surface area contributed by atoms with Crippen molar-refractivity contribution in [3.8, 4) is 0 Å². The largest absolute Gasteiger partial charge is 0.464 e. The van der Waals surface area contributed by atoms with Gasteiger partial charge in [-0.25, -0.2) is 0 Å². The SMILES string of the molecule is CCCCCCCCCCCCCCCCCCCCCCCCCCCC(=O)OCC(N)CO. The van der Waals surface area contributed by atoms with Gasteiger partial charge in [-0.2, -0.15) is 0 Å². The Kier molecular flexibility index (Phi) is 29.1. The summed E-state index contributed by atoms with van der Waals surface area (Å²) in [6.07, 6.45) is 35.0. The van der Waals surface area contributed by atoms with Crippen molar-refractivity contribution in [2.24, 2.45) is 5.73 Å². The van der Waals surface area contributed by atoms with Crippen LogP contribution in [0.3, 0.4) is 0 Å². The third-order valence-electron chi connectivity index (χ3n) is 7.18. The number of nitrogens with two attached hydrogens (primary N) is 1. The zero-order valence-electron chi connectivity index (χ0n) is 23.7. The molecular weight excluding hydrogens is 434 g/mol. The number of unbranched alkanes of at least 4 members (excludes halogenated alkanes) is 24. The second-order valence-corrected chi connectivity index (χ2v) is 10.9. The van der Waals surface area contributed by atoms with Gasteiger partial charge in [0.15, 0.2) is 0 Å². The number of hydrogen-bond donors (Lipinski definition) is 2. The molecule has 0 rings (SSSR count). The fourth-order valence-electron chi connectivity index (χ4n) is 4.73. The van der Waals surface area contributed by atoms with Gasteiger partial charge in [-0.1, -0.05) is 161 Å². The van der Waals surface area contributed by atoms with Gasteiger partial charge in [0.25, 0.3) is 0 Å². The van der Waals surface area contributed by atoms with E-state index in [1.54, 1.807) is 0 Å². The maximum absolute atomic E-state index is 11.5. The molecule has 0 saturated heterocycles. The molecule has 3 N–H and O–H groups in total. The number of hydrogen-bond acceptors (Lipinski definition) is 4. The van der Waals surface area contributed by atoms with E-state index in [9.17, 15) is 4.79 Å². The molecule has 0 bridgehead atoms. The van der Waals surface area contributed by atoms with Gasteiger partial charge < -0.3 is 15.6 Å². The van der Waals surface area contributed by atoms with Crippen LogP contribution in [0.1, 0.15) is 174 Å². The minimum atomic E-state index is -0.456. The number of aliphatic hydroxyl groups is 1. The van der Waals surface area contributed by atoms with Crippen molar-refractivity contribution >= 4 is 5.97 Å². The van der Waals surface area contributed by atoms with E-state index in [4.69, 9.17) is 15.6 Å². The van der Waals surface area contributed by atoms with E-state index in [2.05, 4.69) is 6.92 Å². The maximum Gasteiger partial charge on any atom is 0.305 e. The van der Waals surface area contributed by atoms with Crippen molar-refractivity contribution in [2.45, 2.75) is 180 Å². The summed E-state index contributed by atoms with van der Waals surface area (Å²) < 4.78 is 5.03. The van der Waals surface area contributed by atoms with Gasteiger partial charge in [0.1, 0.15) is 6.61 Å². The molecule has 0 heterocycles. The molecule has 4 nitrogen and oxygen atoms in total. The number of carbonyl (C=O) groups excluding carboxylic acids is 1. The van der Waals surface area contributed by atoms with E-state index in [0.29, 0.717) is 6.42 Å². The Bertz CT molecular complexity index is 416. The van der Waals surface area contributed by atoms with Crippen molar-refractivity contribution < 1.29 is 14.6 Å². The molecule has 0 aliphatic rings. The minimum absolute atomic E-state index is 0.120. The molecule has 1 unspecified atom stereocenters. The van der Waals surface area contributed by atoms with Crippen LogP contribution in [0.2, 0.25) is 0 Å². The van der Waals surface area contributed by atoms with E-state index in [1.165, 1.54) is 148 Å². The van der Waals surface area contributed by atoms with Crippen molar-refractivity contribution in [2.75, 3.05) is 13.2 Å². The van der Waals surface area contributed by atoms with Gasteiger partial charge in [0.05, 0.1) is 12.6 Å². The first-order chi connectivity index (χ1) is 17.2. The van der Waals surface area contributed by atoms with Crippen molar-refractivity contribution in [3.05, 3.63) is 0 Å². The van der Waals surface area contributed by atoms with Crippen LogP contribution in [-0.4, -0.2) is 30.3 Å². The van der Waals surface area contributed by atoms with E-state index >= 15 is 0 Å². The van der Waals surface area contributed by atoms with Gasteiger partial charge in [-0.3, -0.25) is 4.79 Å². The second kappa shape index (κ2) is 29.6. The predicted octanol–water partition coefficient (Wildman–Crippen LogP) is 9.01. The Labute approximate surface area is 219 Å². The second-order valence-electron chi connectivity index (χ2n) is 10.9. The molecule has 35 heavy (non-hydrogen) atoms. The zero-order chi connectivity index (χ0) is 25.7. The van der Waals surface area contributed by atoms with Crippen LogP contribution in [0, 0.1) is 0 Å². The van der Waals surface area contributed by atoms with Gasteiger partial charge >= 0.3 is 5.97 Å². The summed E-state index contributed by atoms with van der Waals surface area (Å²) in [5.74, 6) is -0.192. The molecule has 0 aromatic rings. The lowest BCUT2D eigenvalue weighted by Crippen LogP contribution is -2.31. The number of carbonyl (C=O) groups is 1. The summed E-state index contributed by atoms with van der Waals surface area (Å²) in [5, 5.41) is 8.81. The zero-order valence-corrected chi connectivity index (χ0v) is 23.7. The summed E-state index contributed by atoms with van der Waals surface area (Å²) >= 11 is 0. The van der Waals surface area contributed by atoms with Gasteiger partial charge in [0.2, 0.25) is 0 Å². The topological polar surface area (TPSA) is 72.5 Å². The smallest absolute Gasteiger partial charge is 0.305 e. The first-order valence-corrected chi connectivity index (χ1v) is 15.7. The highest BCUT2D eigenvalue weighted by Gasteiger charge is 2.06. The number of esters is 1. The highest BCUT2D eigenvalue weighted by molar-refractivity contribution is 5.69. The van der Waals surface area contributed by atoms with E-state index < -0.39 is 6.04 Å². The lowest BCUT2D eigenvalue weighted by molar-refractivity contribution is -0.144. The van der Waals surface area contributed by atoms with Crippen LogP contribution >= 0.6 is 0 Å². The summed E-state index contributed by atoms with van der Waals surface area (Å²) in [7, 11) is 0. The number of aliphatic hydroxyl groups excluding tert-OH is 1. The first kappa shape index (κ1) is 34.4. The van der Waals surface area contributed by atoms with Crippen LogP contribution in [0.25, 0.3) is 0 Å². The maximum atomic E-state index is 11.5. The Morgan fingerprint density at radius 2 is 0.857 bits per heavy atom. The molecule has 0 aliphatic heterocycles. The standard InChI is InChI=1S/C31H63NO3/c1-2-3-4-5-6-7-8-9-10-11-12-13-14-15-16-17-18-19-20-21-22-23-24-25-26-27-31(34)35-29-30(32)28-33/h30,33H,2-29,32H2,1H3. The molecule has 4 heteroatoms. The Morgan fingerprint density at radius 3 is 1.14 bits per heavy atom. The lowest BCUT2D eigenvalue weighted by Gasteiger charge is -2.09. The van der Waals surface area contributed by atoms with Crippen LogP contribution in [0.15, 0.2) is 0 Å². The van der Waals surface area contributed by atoms with Crippen molar-refractivity contribution in [1.29, 1.82) is 0 Å². The fourth-order valence-corrected chi connectivity index (χ4v) is 4.73. The van der Waals surface area contributed by atoms with Crippen LogP contribution < -0.4 is 5.73 Å². The number of rotatable bonds is 29. The Balaban J connectivity index is 3.09. The molecular formula is C31H63NO3. The Hall–Kier alpha value is -0.610.